The minimum absolute atomic E-state index is 0.0372. The van der Waals surface area contributed by atoms with Crippen LogP contribution in [0.15, 0.2) is 48.5 Å². The molecule has 0 spiro atoms. The molecule has 1 saturated carbocycles. The minimum atomic E-state index is -0.218. The fourth-order valence-corrected chi connectivity index (χ4v) is 6.18. The number of aromatic nitrogens is 1. The van der Waals surface area contributed by atoms with Gasteiger partial charge in [-0.1, -0.05) is 36.4 Å². The van der Waals surface area contributed by atoms with Crippen LogP contribution in [0.2, 0.25) is 0 Å². The lowest BCUT2D eigenvalue weighted by Gasteiger charge is -2.35. The standard InChI is InChI=1S/C28H29N3O4S/c32-26(21-10-6-11-22-24(21)35-16-15-34-22)29-17-20-9-4-5-14-31(20)28(33)23-25(18-7-2-1-3-8-18)36-27(30-23)19-12-13-19/h1-3,6-8,10-11,19-20H,4-5,9,12-17H2,(H,29,32)/t20-/m0/s1. The van der Waals surface area contributed by atoms with Crippen molar-refractivity contribution in [3.63, 3.8) is 0 Å². The Morgan fingerprint density at radius 1 is 1.00 bits per heavy atom. The van der Waals surface area contributed by atoms with E-state index in [0.29, 0.717) is 55.0 Å². The first kappa shape index (κ1) is 23.0. The Labute approximate surface area is 214 Å². The summed E-state index contributed by atoms with van der Waals surface area (Å²) in [5.74, 6) is 1.31. The molecule has 0 unspecified atom stereocenters. The van der Waals surface area contributed by atoms with E-state index in [9.17, 15) is 9.59 Å². The first-order valence-electron chi connectivity index (χ1n) is 12.7. The van der Waals surface area contributed by atoms with Gasteiger partial charge >= 0.3 is 0 Å². The summed E-state index contributed by atoms with van der Waals surface area (Å²) in [6.45, 7) is 1.95. The Hall–Kier alpha value is -3.39. The maximum Gasteiger partial charge on any atom is 0.274 e. The number of amides is 2. The van der Waals surface area contributed by atoms with Gasteiger partial charge in [0.15, 0.2) is 11.5 Å². The van der Waals surface area contributed by atoms with Crippen LogP contribution in [0.4, 0.5) is 0 Å². The minimum Gasteiger partial charge on any atom is -0.486 e. The molecule has 0 radical (unpaired) electrons. The molecule has 2 aliphatic heterocycles. The van der Waals surface area contributed by atoms with E-state index >= 15 is 0 Å². The summed E-state index contributed by atoms with van der Waals surface area (Å²) in [5, 5.41) is 4.11. The predicted octanol–water partition coefficient (Wildman–Crippen LogP) is 4.88. The third-order valence-corrected chi connectivity index (χ3v) is 8.27. The van der Waals surface area contributed by atoms with Crippen LogP contribution in [0.1, 0.15) is 63.9 Å². The van der Waals surface area contributed by atoms with E-state index in [1.54, 1.807) is 29.5 Å². The van der Waals surface area contributed by atoms with Crippen molar-refractivity contribution in [1.29, 1.82) is 0 Å². The number of rotatable bonds is 6. The number of piperidine rings is 1. The lowest BCUT2D eigenvalue weighted by molar-refractivity contribution is 0.0597. The van der Waals surface area contributed by atoms with Crippen LogP contribution in [-0.2, 0) is 0 Å². The quantitative estimate of drug-likeness (QED) is 0.518. The molecule has 1 atom stereocenters. The number of para-hydroxylation sites is 1. The van der Waals surface area contributed by atoms with E-state index in [-0.39, 0.29) is 17.9 Å². The number of benzene rings is 2. The van der Waals surface area contributed by atoms with Crippen molar-refractivity contribution >= 4 is 23.2 Å². The normalized spacial score (nSPS) is 19.1. The van der Waals surface area contributed by atoms with E-state index in [4.69, 9.17) is 14.5 Å². The van der Waals surface area contributed by atoms with Crippen LogP contribution in [0.25, 0.3) is 10.4 Å². The maximum atomic E-state index is 13.9. The van der Waals surface area contributed by atoms with Crippen LogP contribution in [0.5, 0.6) is 11.5 Å². The average molecular weight is 504 g/mol. The highest BCUT2D eigenvalue weighted by molar-refractivity contribution is 7.15. The number of fused-ring (bicyclic) bond motifs is 1. The van der Waals surface area contributed by atoms with Crippen molar-refractivity contribution in [2.75, 3.05) is 26.3 Å². The van der Waals surface area contributed by atoms with Gasteiger partial charge in [-0.05, 0) is 49.8 Å². The number of likely N-dealkylation sites (tertiary alicyclic amines) is 1. The van der Waals surface area contributed by atoms with Crippen LogP contribution in [0.3, 0.4) is 0 Å². The molecule has 8 heteroatoms. The molecule has 186 valence electrons. The molecule has 2 amide bonds. The van der Waals surface area contributed by atoms with E-state index in [0.717, 1.165) is 47.6 Å². The second-order valence-corrected chi connectivity index (χ2v) is 10.6. The maximum absolute atomic E-state index is 13.9. The first-order chi connectivity index (χ1) is 17.7. The van der Waals surface area contributed by atoms with Crippen molar-refractivity contribution < 1.29 is 19.1 Å². The lowest BCUT2D eigenvalue weighted by Crippen LogP contribution is -2.49. The lowest BCUT2D eigenvalue weighted by atomic mass is 10.0. The monoisotopic (exact) mass is 503 g/mol. The molecule has 3 aromatic rings. The van der Waals surface area contributed by atoms with Crippen molar-refractivity contribution in [3.8, 4) is 21.9 Å². The van der Waals surface area contributed by atoms with Gasteiger partial charge in [-0.25, -0.2) is 4.98 Å². The largest absolute Gasteiger partial charge is 0.486 e. The Morgan fingerprint density at radius 3 is 2.67 bits per heavy atom. The van der Waals surface area contributed by atoms with Crippen molar-refractivity contribution in [3.05, 3.63) is 64.8 Å². The molecule has 7 nitrogen and oxygen atoms in total. The van der Waals surface area contributed by atoms with Gasteiger partial charge in [0.25, 0.3) is 11.8 Å². The van der Waals surface area contributed by atoms with E-state index in [1.807, 2.05) is 35.2 Å². The molecular weight excluding hydrogens is 474 g/mol. The van der Waals surface area contributed by atoms with Crippen LogP contribution in [0, 0.1) is 0 Å². The zero-order valence-electron chi connectivity index (χ0n) is 20.1. The van der Waals surface area contributed by atoms with Crippen molar-refractivity contribution in [2.24, 2.45) is 0 Å². The molecule has 3 heterocycles. The van der Waals surface area contributed by atoms with Crippen molar-refractivity contribution in [2.45, 2.75) is 44.1 Å². The first-order valence-corrected chi connectivity index (χ1v) is 13.5. The Bertz CT molecular complexity index is 1270. The van der Waals surface area contributed by atoms with Gasteiger partial charge in [0.05, 0.1) is 15.4 Å². The number of ether oxygens (including phenoxy) is 2. The predicted molar refractivity (Wildman–Crippen MR) is 138 cm³/mol. The summed E-state index contributed by atoms with van der Waals surface area (Å²) in [7, 11) is 0. The van der Waals surface area contributed by atoms with Gasteiger partial charge in [0, 0.05) is 25.0 Å². The zero-order chi connectivity index (χ0) is 24.5. The second-order valence-electron chi connectivity index (χ2n) is 9.56. The molecule has 3 aliphatic rings. The fourth-order valence-electron chi connectivity index (χ4n) is 4.95. The van der Waals surface area contributed by atoms with Gasteiger partial charge in [-0.2, -0.15) is 0 Å². The summed E-state index contributed by atoms with van der Waals surface area (Å²) in [6.07, 6.45) is 5.11. The van der Waals surface area contributed by atoms with Crippen LogP contribution in [-0.4, -0.2) is 54.0 Å². The smallest absolute Gasteiger partial charge is 0.274 e. The van der Waals surface area contributed by atoms with Crippen LogP contribution >= 0.6 is 11.3 Å². The Kier molecular flexibility index (Phi) is 6.35. The van der Waals surface area contributed by atoms with Gasteiger partial charge in [-0.3, -0.25) is 9.59 Å². The number of nitrogens with one attached hydrogen (secondary N) is 1. The molecule has 2 fully saturated rings. The van der Waals surface area contributed by atoms with Crippen molar-refractivity contribution in [1.82, 2.24) is 15.2 Å². The number of nitrogens with zero attached hydrogens (tertiary/aromatic N) is 2. The van der Waals surface area contributed by atoms with Gasteiger partial charge in [0.1, 0.15) is 18.9 Å². The molecule has 1 aromatic heterocycles. The number of hydrogen-bond donors (Lipinski definition) is 1. The highest BCUT2D eigenvalue weighted by Crippen LogP contribution is 2.45. The molecule has 6 rings (SSSR count). The summed E-state index contributed by atoms with van der Waals surface area (Å²) >= 11 is 1.65. The summed E-state index contributed by atoms with van der Waals surface area (Å²) in [6, 6.07) is 15.3. The molecule has 1 aliphatic carbocycles. The molecule has 1 saturated heterocycles. The molecule has 36 heavy (non-hydrogen) atoms. The number of carbonyl (C=O) groups excluding carboxylic acids is 2. The highest BCUT2D eigenvalue weighted by Gasteiger charge is 2.34. The Morgan fingerprint density at radius 2 is 1.83 bits per heavy atom. The summed E-state index contributed by atoms with van der Waals surface area (Å²) < 4.78 is 11.3. The third-order valence-electron chi connectivity index (χ3n) is 7.01. The molecule has 0 bridgehead atoms. The molecular formula is C28H29N3O4S. The van der Waals surface area contributed by atoms with E-state index in [2.05, 4.69) is 5.32 Å². The third kappa shape index (κ3) is 4.57. The second kappa shape index (κ2) is 9.93. The highest BCUT2D eigenvalue weighted by atomic mass is 32.1. The summed E-state index contributed by atoms with van der Waals surface area (Å²) in [5.41, 5.74) is 2.04. The number of carbonyl (C=O) groups is 2. The SMILES string of the molecule is O=C(NC[C@@H]1CCCCN1C(=O)c1nc(C2CC2)sc1-c1ccccc1)c1cccc2c1OCCO2. The molecule has 2 aromatic carbocycles. The van der Waals surface area contributed by atoms with E-state index in [1.165, 1.54) is 0 Å². The number of thiazole rings is 1. The van der Waals surface area contributed by atoms with Gasteiger partial charge < -0.3 is 19.7 Å². The van der Waals surface area contributed by atoms with Crippen LogP contribution < -0.4 is 14.8 Å². The Balaban J connectivity index is 1.21. The van der Waals surface area contributed by atoms with Gasteiger partial charge in [0.2, 0.25) is 0 Å². The average Bonchev–Trinajstić information content (AvgIpc) is 3.69. The number of hydrogen-bond acceptors (Lipinski definition) is 6. The topological polar surface area (TPSA) is 80.8 Å². The molecule has 1 N–H and O–H groups in total. The summed E-state index contributed by atoms with van der Waals surface area (Å²) in [4.78, 5) is 34.7. The zero-order valence-corrected chi connectivity index (χ0v) is 20.9. The fraction of sp³-hybridized carbons (Fsp3) is 0.393. The van der Waals surface area contributed by atoms with Gasteiger partial charge in [-0.15, -0.1) is 11.3 Å². The van der Waals surface area contributed by atoms with E-state index < -0.39 is 0 Å².